The second-order valence-corrected chi connectivity index (χ2v) is 6.60. The molecule has 0 bridgehead atoms. The van der Waals surface area contributed by atoms with E-state index in [9.17, 15) is 4.79 Å². The summed E-state index contributed by atoms with van der Waals surface area (Å²) in [4.78, 5) is 23.2. The molecule has 2 atom stereocenters. The Bertz CT molecular complexity index is 569. The van der Waals surface area contributed by atoms with Gasteiger partial charge in [-0.2, -0.15) is 9.97 Å². The highest BCUT2D eigenvalue weighted by molar-refractivity contribution is 5.81. The molecule has 0 radical (unpaired) electrons. The number of ether oxygens (including phenoxy) is 2. The van der Waals surface area contributed by atoms with E-state index in [1.807, 2.05) is 0 Å². The zero-order valence-corrected chi connectivity index (χ0v) is 15.0. The first-order chi connectivity index (χ1) is 12.2. The van der Waals surface area contributed by atoms with Crippen LogP contribution in [0.3, 0.4) is 0 Å². The van der Waals surface area contributed by atoms with Crippen LogP contribution in [0.5, 0.6) is 11.8 Å². The van der Waals surface area contributed by atoms with E-state index in [1.54, 1.807) is 20.3 Å². The van der Waals surface area contributed by atoms with Crippen molar-refractivity contribution in [2.75, 3.05) is 45.3 Å². The SMILES string of the molecule is COc1cc(OC)nc(N2CCCC(CNC(=O)C3CCCN3)C2)n1. The summed E-state index contributed by atoms with van der Waals surface area (Å²) in [6.45, 7) is 3.33. The molecule has 8 nitrogen and oxygen atoms in total. The number of nitrogens with one attached hydrogen (secondary N) is 2. The van der Waals surface area contributed by atoms with Crippen molar-refractivity contribution in [2.45, 2.75) is 31.7 Å². The number of carbonyl (C=O) groups excluding carboxylic acids is 1. The monoisotopic (exact) mass is 349 g/mol. The van der Waals surface area contributed by atoms with Gasteiger partial charge in [-0.15, -0.1) is 0 Å². The molecule has 0 spiro atoms. The van der Waals surface area contributed by atoms with Gasteiger partial charge in [-0.05, 0) is 38.1 Å². The molecule has 2 aliphatic heterocycles. The van der Waals surface area contributed by atoms with Crippen molar-refractivity contribution in [2.24, 2.45) is 5.92 Å². The first-order valence-corrected chi connectivity index (χ1v) is 8.92. The molecule has 25 heavy (non-hydrogen) atoms. The standard InChI is InChI=1S/C17H27N5O3/c1-24-14-9-15(25-2)21-17(20-14)22-8-4-5-12(11-22)10-19-16(23)13-6-3-7-18-13/h9,12-13,18H,3-8,10-11H2,1-2H3,(H,19,23). The van der Waals surface area contributed by atoms with Crippen LogP contribution in [0.25, 0.3) is 0 Å². The molecular weight excluding hydrogens is 322 g/mol. The average molecular weight is 349 g/mol. The van der Waals surface area contributed by atoms with E-state index in [1.165, 1.54) is 0 Å². The van der Waals surface area contributed by atoms with Crippen LogP contribution in [-0.4, -0.2) is 62.3 Å². The van der Waals surface area contributed by atoms with Crippen molar-refractivity contribution in [1.82, 2.24) is 20.6 Å². The maximum Gasteiger partial charge on any atom is 0.237 e. The molecule has 0 saturated carbocycles. The van der Waals surface area contributed by atoms with Gasteiger partial charge in [0.25, 0.3) is 0 Å². The van der Waals surface area contributed by atoms with Gasteiger partial charge in [0.05, 0.1) is 26.3 Å². The molecular formula is C17H27N5O3. The summed E-state index contributed by atoms with van der Waals surface area (Å²) in [5.74, 6) is 2.10. The Balaban J connectivity index is 1.58. The summed E-state index contributed by atoms with van der Waals surface area (Å²) < 4.78 is 10.5. The minimum atomic E-state index is -0.0225. The van der Waals surface area contributed by atoms with Gasteiger partial charge in [0.2, 0.25) is 23.6 Å². The zero-order chi connectivity index (χ0) is 17.6. The van der Waals surface area contributed by atoms with Gasteiger partial charge < -0.3 is 25.0 Å². The van der Waals surface area contributed by atoms with Gasteiger partial charge in [0, 0.05) is 19.6 Å². The Morgan fingerprint density at radius 2 is 2.04 bits per heavy atom. The largest absolute Gasteiger partial charge is 0.481 e. The lowest BCUT2D eigenvalue weighted by Gasteiger charge is -2.33. The number of rotatable bonds is 6. The van der Waals surface area contributed by atoms with Crippen molar-refractivity contribution < 1.29 is 14.3 Å². The number of hydrogen-bond acceptors (Lipinski definition) is 7. The highest BCUT2D eigenvalue weighted by Crippen LogP contribution is 2.24. The third kappa shape index (κ3) is 4.50. The topological polar surface area (TPSA) is 88.6 Å². The first-order valence-electron chi connectivity index (χ1n) is 8.92. The van der Waals surface area contributed by atoms with Gasteiger partial charge in [-0.1, -0.05) is 0 Å². The van der Waals surface area contributed by atoms with Gasteiger partial charge >= 0.3 is 0 Å². The molecule has 2 saturated heterocycles. The number of carbonyl (C=O) groups is 1. The summed E-state index contributed by atoms with van der Waals surface area (Å²) >= 11 is 0. The minimum Gasteiger partial charge on any atom is -0.481 e. The van der Waals surface area contributed by atoms with Crippen molar-refractivity contribution in [1.29, 1.82) is 0 Å². The third-order valence-electron chi connectivity index (χ3n) is 4.83. The number of piperidine rings is 1. The van der Waals surface area contributed by atoms with E-state index < -0.39 is 0 Å². The van der Waals surface area contributed by atoms with Gasteiger partial charge in [-0.3, -0.25) is 4.79 Å². The number of aromatic nitrogens is 2. The van der Waals surface area contributed by atoms with Crippen LogP contribution < -0.4 is 25.0 Å². The minimum absolute atomic E-state index is 0.0225. The van der Waals surface area contributed by atoms with E-state index in [0.29, 0.717) is 30.2 Å². The van der Waals surface area contributed by atoms with Crippen molar-refractivity contribution >= 4 is 11.9 Å². The quantitative estimate of drug-likeness (QED) is 0.776. The molecule has 1 amide bonds. The molecule has 3 heterocycles. The third-order valence-corrected chi connectivity index (χ3v) is 4.83. The van der Waals surface area contributed by atoms with Crippen molar-refractivity contribution in [3.05, 3.63) is 6.07 Å². The van der Waals surface area contributed by atoms with Crippen LogP contribution in [0.4, 0.5) is 5.95 Å². The fourth-order valence-corrected chi connectivity index (χ4v) is 3.43. The van der Waals surface area contributed by atoms with E-state index in [4.69, 9.17) is 9.47 Å². The van der Waals surface area contributed by atoms with Gasteiger partial charge in [-0.25, -0.2) is 0 Å². The predicted octanol–water partition coefficient (Wildman–Crippen LogP) is 0.578. The zero-order valence-electron chi connectivity index (χ0n) is 15.0. The molecule has 3 rings (SSSR count). The average Bonchev–Trinajstić information content (AvgIpc) is 3.20. The number of hydrogen-bond donors (Lipinski definition) is 2. The fraction of sp³-hybridized carbons (Fsp3) is 0.706. The van der Waals surface area contributed by atoms with Gasteiger partial charge in [0.15, 0.2) is 0 Å². The first kappa shape index (κ1) is 17.7. The predicted molar refractivity (Wildman–Crippen MR) is 94.1 cm³/mol. The summed E-state index contributed by atoms with van der Waals surface area (Å²) in [5.41, 5.74) is 0. The van der Waals surface area contributed by atoms with E-state index in [-0.39, 0.29) is 11.9 Å². The molecule has 138 valence electrons. The molecule has 1 aromatic rings. The molecule has 2 N–H and O–H groups in total. The lowest BCUT2D eigenvalue weighted by molar-refractivity contribution is -0.122. The van der Waals surface area contributed by atoms with Crippen LogP contribution in [-0.2, 0) is 4.79 Å². The lowest BCUT2D eigenvalue weighted by atomic mass is 9.98. The highest BCUT2D eigenvalue weighted by atomic mass is 16.5. The van der Waals surface area contributed by atoms with E-state index in [2.05, 4.69) is 25.5 Å². The van der Waals surface area contributed by atoms with E-state index >= 15 is 0 Å². The molecule has 8 heteroatoms. The maximum atomic E-state index is 12.2. The van der Waals surface area contributed by atoms with E-state index in [0.717, 1.165) is 45.3 Å². The molecule has 2 fully saturated rings. The van der Waals surface area contributed by atoms with Crippen molar-refractivity contribution in [3.8, 4) is 11.8 Å². The Morgan fingerprint density at radius 1 is 1.28 bits per heavy atom. The Labute approximate surface area is 148 Å². The van der Waals surface area contributed by atoms with Crippen LogP contribution in [0.15, 0.2) is 6.07 Å². The maximum absolute atomic E-state index is 12.2. The summed E-state index contributed by atoms with van der Waals surface area (Å²) in [7, 11) is 3.16. The second-order valence-electron chi connectivity index (χ2n) is 6.60. The van der Waals surface area contributed by atoms with Crippen LogP contribution in [0, 0.1) is 5.92 Å². The van der Waals surface area contributed by atoms with Crippen LogP contribution >= 0.6 is 0 Å². The smallest absolute Gasteiger partial charge is 0.237 e. The summed E-state index contributed by atoms with van der Waals surface area (Å²) in [6, 6.07) is 1.64. The number of amides is 1. The molecule has 2 aliphatic rings. The molecule has 0 aromatic carbocycles. The molecule has 0 aliphatic carbocycles. The normalized spacial score (nSPS) is 23.4. The molecule has 1 aromatic heterocycles. The Morgan fingerprint density at radius 3 is 2.68 bits per heavy atom. The lowest BCUT2D eigenvalue weighted by Crippen LogP contribution is -2.45. The number of anilines is 1. The fourth-order valence-electron chi connectivity index (χ4n) is 3.43. The number of nitrogens with zero attached hydrogens (tertiary/aromatic N) is 3. The second kappa shape index (κ2) is 8.33. The Kier molecular flexibility index (Phi) is 5.91. The van der Waals surface area contributed by atoms with Gasteiger partial charge in [0.1, 0.15) is 0 Å². The number of methoxy groups -OCH3 is 2. The van der Waals surface area contributed by atoms with Crippen molar-refractivity contribution in [3.63, 3.8) is 0 Å². The molecule has 2 unspecified atom stereocenters. The van der Waals surface area contributed by atoms with Crippen LogP contribution in [0.2, 0.25) is 0 Å². The summed E-state index contributed by atoms with van der Waals surface area (Å²) in [5, 5.41) is 6.33. The highest BCUT2D eigenvalue weighted by Gasteiger charge is 2.26. The van der Waals surface area contributed by atoms with Crippen LogP contribution in [0.1, 0.15) is 25.7 Å². The Hall–Kier alpha value is -2.09. The summed E-state index contributed by atoms with van der Waals surface area (Å²) in [6.07, 6.45) is 4.14.